The van der Waals surface area contributed by atoms with Crippen molar-refractivity contribution in [1.29, 1.82) is 0 Å². The van der Waals surface area contributed by atoms with Crippen molar-refractivity contribution in [2.75, 3.05) is 38.2 Å². The second-order valence-corrected chi connectivity index (χ2v) is 8.40. The summed E-state index contributed by atoms with van der Waals surface area (Å²) in [5, 5.41) is 7.85. The van der Waals surface area contributed by atoms with Gasteiger partial charge < -0.3 is 15.0 Å². The van der Waals surface area contributed by atoms with Crippen LogP contribution in [0.1, 0.15) is 5.56 Å². The van der Waals surface area contributed by atoms with Crippen LogP contribution in [0.4, 0.5) is 10.5 Å². The molecule has 3 N–H and O–H groups in total. The zero-order valence-corrected chi connectivity index (χ0v) is 17.4. The van der Waals surface area contributed by atoms with Crippen LogP contribution in [0.2, 0.25) is 0 Å². The minimum absolute atomic E-state index is 0.0180. The Bertz CT molecular complexity index is 1010. The highest BCUT2D eigenvalue weighted by Gasteiger charge is 2.30. The summed E-state index contributed by atoms with van der Waals surface area (Å²) in [4.78, 5) is 28.0. The van der Waals surface area contributed by atoms with Gasteiger partial charge in [-0.05, 0) is 48.4 Å². The molecule has 1 aliphatic rings. The van der Waals surface area contributed by atoms with Crippen molar-refractivity contribution < 1.29 is 22.7 Å². The molecule has 3 rings (SSSR count). The van der Waals surface area contributed by atoms with Crippen LogP contribution >= 0.6 is 0 Å². The van der Waals surface area contributed by atoms with E-state index in [2.05, 4.69) is 5.32 Å². The molecule has 3 amide bonds. The standard InChI is InChI=1S/C20H24N4O5S/c1-29-17-6-4-16(5-7-17)24-13-12-23(20(24)26)14-19(25)22-11-10-15-2-8-18(9-3-15)30(21,27)28/h2-9H,10-14H2,1H3,(H,22,25)(H2,21,27,28). The van der Waals surface area contributed by atoms with Crippen LogP contribution in [0.15, 0.2) is 53.4 Å². The van der Waals surface area contributed by atoms with Gasteiger partial charge in [-0.2, -0.15) is 0 Å². The van der Waals surface area contributed by atoms with Gasteiger partial charge in [0, 0.05) is 25.3 Å². The van der Waals surface area contributed by atoms with Crippen LogP contribution in [0.25, 0.3) is 0 Å². The molecule has 0 spiro atoms. The summed E-state index contributed by atoms with van der Waals surface area (Å²) in [6.07, 6.45) is 0.530. The molecule has 0 radical (unpaired) electrons. The number of carbonyl (C=O) groups excluding carboxylic acids is 2. The van der Waals surface area contributed by atoms with Crippen LogP contribution in [0, 0.1) is 0 Å². The average Bonchev–Trinajstić information content (AvgIpc) is 3.08. The van der Waals surface area contributed by atoms with Crippen LogP contribution in [-0.2, 0) is 21.2 Å². The van der Waals surface area contributed by atoms with Gasteiger partial charge in [0.05, 0.1) is 12.0 Å². The number of nitrogens with two attached hydrogens (primary N) is 1. The molecule has 160 valence electrons. The monoisotopic (exact) mass is 432 g/mol. The Morgan fingerprint density at radius 2 is 1.77 bits per heavy atom. The molecule has 0 atom stereocenters. The number of hydrogen-bond acceptors (Lipinski definition) is 5. The molecule has 1 heterocycles. The molecule has 1 saturated heterocycles. The Balaban J connectivity index is 1.46. The van der Waals surface area contributed by atoms with Crippen molar-refractivity contribution >= 4 is 27.6 Å². The summed E-state index contributed by atoms with van der Waals surface area (Å²) >= 11 is 0. The molecule has 10 heteroatoms. The Morgan fingerprint density at radius 3 is 2.37 bits per heavy atom. The Kier molecular flexibility index (Phi) is 6.58. The molecule has 2 aromatic carbocycles. The minimum atomic E-state index is -3.72. The van der Waals surface area contributed by atoms with E-state index in [0.29, 0.717) is 31.8 Å². The first-order chi connectivity index (χ1) is 14.3. The van der Waals surface area contributed by atoms with E-state index in [1.54, 1.807) is 36.3 Å². The maximum Gasteiger partial charge on any atom is 0.325 e. The number of benzene rings is 2. The Hall–Kier alpha value is -3.11. The molecule has 0 bridgehead atoms. The number of ether oxygens (including phenoxy) is 1. The predicted molar refractivity (Wildman–Crippen MR) is 112 cm³/mol. The van der Waals surface area contributed by atoms with Crippen molar-refractivity contribution in [1.82, 2.24) is 10.2 Å². The summed E-state index contributed by atoms with van der Waals surface area (Å²) in [6.45, 7) is 1.33. The summed E-state index contributed by atoms with van der Waals surface area (Å²) in [5.41, 5.74) is 1.62. The normalized spacial score (nSPS) is 14.1. The maximum absolute atomic E-state index is 12.6. The number of hydrogen-bond donors (Lipinski definition) is 2. The number of anilines is 1. The zero-order chi connectivity index (χ0) is 21.7. The van der Waals surface area contributed by atoms with Crippen LogP contribution < -0.4 is 20.1 Å². The minimum Gasteiger partial charge on any atom is -0.497 e. The largest absolute Gasteiger partial charge is 0.497 e. The van der Waals surface area contributed by atoms with Crippen LogP contribution in [-0.4, -0.2) is 58.5 Å². The topological polar surface area (TPSA) is 122 Å². The van der Waals surface area contributed by atoms with E-state index in [9.17, 15) is 18.0 Å². The van der Waals surface area contributed by atoms with Gasteiger partial charge in [-0.1, -0.05) is 12.1 Å². The molecule has 2 aromatic rings. The molecule has 1 fully saturated rings. The van der Waals surface area contributed by atoms with Gasteiger partial charge in [0.1, 0.15) is 12.3 Å². The molecule has 0 saturated carbocycles. The van der Waals surface area contributed by atoms with E-state index in [0.717, 1.165) is 11.3 Å². The lowest BCUT2D eigenvalue weighted by atomic mass is 10.1. The van der Waals surface area contributed by atoms with Gasteiger partial charge in [-0.25, -0.2) is 18.4 Å². The second kappa shape index (κ2) is 9.14. The number of nitrogens with zero attached hydrogens (tertiary/aromatic N) is 2. The summed E-state index contributed by atoms with van der Waals surface area (Å²) < 4.78 is 27.6. The SMILES string of the molecule is COc1ccc(N2CCN(CC(=O)NCCc3ccc(S(N)(=O)=O)cc3)C2=O)cc1. The van der Waals surface area contributed by atoms with E-state index in [-0.39, 0.29) is 23.4 Å². The highest BCUT2D eigenvalue weighted by molar-refractivity contribution is 7.89. The summed E-state index contributed by atoms with van der Waals surface area (Å²) in [5.74, 6) is 0.460. The second-order valence-electron chi connectivity index (χ2n) is 6.84. The van der Waals surface area contributed by atoms with Crippen LogP contribution in [0.3, 0.4) is 0 Å². The molecule has 1 aliphatic heterocycles. The highest BCUT2D eigenvalue weighted by atomic mass is 32.2. The fourth-order valence-corrected chi connectivity index (χ4v) is 3.67. The van der Waals surface area contributed by atoms with Crippen molar-refractivity contribution in [2.24, 2.45) is 5.14 Å². The van der Waals surface area contributed by atoms with Gasteiger partial charge in [-0.3, -0.25) is 9.69 Å². The third-order valence-corrected chi connectivity index (χ3v) is 5.73. The molecule has 0 unspecified atom stereocenters. The number of rotatable bonds is 8. The van der Waals surface area contributed by atoms with Crippen LogP contribution in [0.5, 0.6) is 5.75 Å². The smallest absolute Gasteiger partial charge is 0.325 e. The zero-order valence-electron chi connectivity index (χ0n) is 16.6. The number of methoxy groups -OCH3 is 1. The van der Waals surface area contributed by atoms with E-state index < -0.39 is 10.0 Å². The first-order valence-corrected chi connectivity index (χ1v) is 10.9. The molecular weight excluding hydrogens is 408 g/mol. The lowest BCUT2D eigenvalue weighted by Crippen LogP contribution is -2.40. The van der Waals surface area contributed by atoms with E-state index >= 15 is 0 Å². The third kappa shape index (κ3) is 5.28. The molecule has 0 aliphatic carbocycles. The first kappa shape index (κ1) is 21.6. The summed E-state index contributed by atoms with van der Waals surface area (Å²) in [7, 11) is -2.14. The first-order valence-electron chi connectivity index (χ1n) is 9.37. The average molecular weight is 433 g/mol. The van der Waals surface area contributed by atoms with Gasteiger partial charge in [0.25, 0.3) is 0 Å². The molecule has 0 aromatic heterocycles. The van der Waals surface area contributed by atoms with Crippen molar-refractivity contribution in [3.63, 3.8) is 0 Å². The van der Waals surface area contributed by atoms with Gasteiger partial charge >= 0.3 is 6.03 Å². The number of urea groups is 1. The number of sulfonamides is 1. The van der Waals surface area contributed by atoms with E-state index in [4.69, 9.17) is 9.88 Å². The Labute approximate surface area is 175 Å². The third-order valence-electron chi connectivity index (χ3n) is 4.80. The van der Waals surface area contributed by atoms with Gasteiger partial charge in [0.15, 0.2) is 0 Å². The fourth-order valence-electron chi connectivity index (χ4n) is 3.15. The molecule has 30 heavy (non-hydrogen) atoms. The van der Waals surface area contributed by atoms with Crippen molar-refractivity contribution in [3.05, 3.63) is 54.1 Å². The predicted octanol–water partition coefficient (Wildman–Crippen LogP) is 0.944. The van der Waals surface area contributed by atoms with Crippen molar-refractivity contribution in [2.45, 2.75) is 11.3 Å². The van der Waals surface area contributed by atoms with E-state index in [1.807, 2.05) is 12.1 Å². The number of amides is 3. The molecule has 9 nitrogen and oxygen atoms in total. The number of primary sulfonamides is 1. The molecular formula is C20H24N4O5S. The van der Waals surface area contributed by atoms with Gasteiger partial charge in [-0.15, -0.1) is 0 Å². The quantitative estimate of drug-likeness (QED) is 0.643. The lowest BCUT2D eigenvalue weighted by Gasteiger charge is -2.18. The maximum atomic E-state index is 12.6. The van der Waals surface area contributed by atoms with E-state index in [1.165, 1.54) is 17.0 Å². The summed E-state index contributed by atoms with van der Waals surface area (Å²) in [6, 6.07) is 13.1. The lowest BCUT2D eigenvalue weighted by molar-refractivity contribution is -0.121. The highest BCUT2D eigenvalue weighted by Crippen LogP contribution is 2.23. The van der Waals surface area contributed by atoms with Crippen molar-refractivity contribution in [3.8, 4) is 5.75 Å². The van der Waals surface area contributed by atoms with Gasteiger partial charge in [0.2, 0.25) is 15.9 Å². The number of nitrogens with one attached hydrogen (secondary N) is 1. The number of carbonyl (C=O) groups is 2. The Morgan fingerprint density at radius 1 is 1.10 bits per heavy atom. The fraction of sp³-hybridized carbons (Fsp3) is 0.300.